The summed E-state index contributed by atoms with van der Waals surface area (Å²) in [4.78, 5) is 6.28. The molecule has 0 saturated heterocycles. The molecule has 0 aromatic rings. The van der Waals surface area contributed by atoms with Crippen molar-refractivity contribution in [2.24, 2.45) is 4.99 Å². The van der Waals surface area contributed by atoms with Crippen molar-refractivity contribution in [3.63, 3.8) is 0 Å². The molecular formula is C9H18N2. The SMILES string of the molecule is C=CN(C)C(C)=NCCCC. The average Bonchev–Trinajstić information content (AvgIpc) is 2.03. The van der Waals surface area contributed by atoms with Crippen LogP contribution in [0.3, 0.4) is 0 Å². The van der Waals surface area contributed by atoms with Gasteiger partial charge in [0.15, 0.2) is 0 Å². The zero-order valence-electron chi connectivity index (χ0n) is 7.80. The quantitative estimate of drug-likeness (QED) is 0.344. The Morgan fingerprint density at radius 3 is 2.73 bits per heavy atom. The van der Waals surface area contributed by atoms with Crippen LogP contribution >= 0.6 is 0 Å². The van der Waals surface area contributed by atoms with Crippen LogP contribution in [-0.2, 0) is 0 Å². The maximum Gasteiger partial charge on any atom is 0.0994 e. The summed E-state index contributed by atoms with van der Waals surface area (Å²) in [6, 6.07) is 0. The van der Waals surface area contributed by atoms with Gasteiger partial charge in [0.1, 0.15) is 0 Å². The van der Waals surface area contributed by atoms with Gasteiger partial charge in [-0.2, -0.15) is 0 Å². The van der Waals surface area contributed by atoms with Crippen molar-refractivity contribution in [1.29, 1.82) is 0 Å². The Morgan fingerprint density at radius 1 is 1.64 bits per heavy atom. The van der Waals surface area contributed by atoms with Crippen LogP contribution in [0.15, 0.2) is 17.8 Å². The minimum Gasteiger partial charge on any atom is -0.341 e. The largest absolute Gasteiger partial charge is 0.341 e. The van der Waals surface area contributed by atoms with Gasteiger partial charge in [-0.25, -0.2) is 0 Å². The number of amidine groups is 1. The highest BCUT2D eigenvalue weighted by Gasteiger charge is 1.92. The lowest BCUT2D eigenvalue weighted by molar-refractivity contribution is 0.673. The Hall–Kier alpha value is -0.790. The van der Waals surface area contributed by atoms with Crippen LogP contribution in [0, 0.1) is 0 Å². The lowest BCUT2D eigenvalue weighted by atomic mass is 10.3. The molecule has 0 radical (unpaired) electrons. The van der Waals surface area contributed by atoms with Crippen molar-refractivity contribution < 1.29 is 0 Å². The molecular weight excluding hydrogens is 136 g/mol. The molecule has 2 heteroatoms. The average molecular weight is 154 g/mol. The summed E-state index contributed by atoms with van der Waals surface area (Å²) in [7, 11) is 1.96. The molecule has 0 unspecified atom stereocenters. The summed E-state index contributed by atoms with van der Waals surface area (Å²) in [6.45, 7) is 8.75. The number of unbranched alkanes of at least 4 members (excludes halogenated alkanes) is 1. The molecule has 2 nitrogen and oxygen atoms in total. The van der Waals surface area contributed by atoms with Crippen LogP contribution < -0.4 is 0 Å². The van der Waals surface area contributed by atoms with Crippen LogP contribution in [0.4, 0.5) is 0 Å². The Kier molecular flexibility index (Phi) is 5.53. The second kappa shape index (κ2) is 5.96. The maximum absolute atomic E-state index is 4.36. The van der Waals surface area contributed by atoms with Crippen LogP contribution in [-0.4, -0.2) is 24.3 Å². The molecule has 0 fully saturated rings. The zero-order valence-corrected chi connectivity index (χ0v) is 7.80. The highest BCUT2D eigenvalue weighted by Crippen LogP contribution is 1.91. The molecule has 0 heterocycles. The van der Waals surface area contributed by atoms with Crippen molar-refractivity contribution in [2.45, 2.75) is 26.7 Å². The summed E-state index contributed by atoms with van der Waals surface area (Å²) in [5.41, 5.74) is 0. The second-order valence-corrected chi connectivity index (χ2v) is 2.58. The van der Waals surface area contributed by atoms with Crippen molar-refractivity contribution in [1.82, 2.24) is 4.90 Å². The number of hydrogen-bond acceptors (Lipinski definition) is 1. The number of rotatable bonds is 4. The van der Waals surface area contributed by atoms with E-state index in [0.29, 0.717) is 0 Å². The van der Waals surface area contributed by atoms with Crippen molar-refractivity contribution in [2.75, 3.05) is 13.6 Å². The first kappa shape index (κ1) is 10.2. The predicted molar refractivity (Wildman–Crippen MR) is 50.8 cm³/mol. The predicted octanol–water partition coefficient (Wildman–Crippen LogP) is 2.28. The number of aliphatic imine (C=N–C) groups is 1. The van der Waals surface area contributed by atoms with Gasteiger partial charge in [-0.3, -0.25) is 4.99 Å². The summed E-state index contributed by atoms with van der Waals surface area (Å²) < 4.78 is 0. The Morgan fingerprint density at radius 2 is 2.27 bits per heavy atom. The van der Waals surface area contributed by atoms with E-state index in [2.05, 4.69) is 18.5 Å². The molecule has 0 amide bonds. The van der Waals surface area contributed by atoms with Crippen LogP contribution in [0.25, 0.3) is 0 Å². The molecule has 0 saturated carbocycles. The van der Waals surface area contributed by atoms with Gasteiger partial charge in [0.05, 0.1) is 5.84 Å². The fourth-order valence-electron chi connectivity index (χ4n) is 0.643. The molecule has 64 valence electrons. The van der Waals surface area contributed by atoms with E-state index in [-0.39, 0.29) is 0 Å². The molecule has 0 atom stereocenters. The highest BCUT2D eigenvalue weighted by molar-refractivity contribution is 5.80. The minimum atomic E-state index is 0.931. The smallest absolute Gasteiger partial charge is 0.0994 e. The van der Waals surface area contributed by atoms with E-state index in [9.17, 15) is 0 Å². The zero-order chi connectivity index (χ0) is 8.69. The fraction of sp³-hybridized carbons (Fsp3) is 0.667. The number of nitrogens with zero attached hydrogens (tertiary/aromatic N) is 2. The molecule has 11 heavy (non-hydrogen) atoms. The molecule has 0 rings (SSSR count). The van der Waals surface area contributed by atoms with Gasteiger partial charge in [0, 0.05) is 13.6 Å². The Bertz CT molecular complexity index is 138. The lowest BCUT2D eigenvalue weighted by Crippen LogP contribution is -2.17. The van der Waals surface area contributed by atoms with Gasteiger partial charge in [-0.1, -0.05) is 19.9 Å². The molecule has 0 aromatic heterocycles. The van der Waals surface area contributed by atoms with E-state index in [0.717, 1.165) is 12.4 Å². The van der Waals surface area contributed by atoms with Gasteiger partial charge in [-0.05, 0) is 19.5 Å². The highest BCUT2D eigenvalue weighted by atomic mass is 15.1. The van der Waals surface area contributed by atoms with E-state index in [1.165, 1.54) is 12.8 Å². The summed E-state index contributed by atoms with van der Waals surface area (Å²) >= 11 is 0. The van der Waals surface area contributed by atoms with Crippen molar-refractivity contribution in [3.05, 3.63) is 12.8 Å². The molecule has 0 spiro atoms. The maximum atomic E-state index is 4.36. The van der Waals surface area contributed by atoms with Gasteiger partial charge in [0.2, 0.25) is 0 Å². The molecule has 0 N–H and O–H groups in total. The minimum absolute atomic E-state index is 0.931. The molecule has 0 bridgehead atoms. The monoisotopic (exact) mass is 154 g/mol. The van der Waals surface area contributed by atoms with E-state index >= 15 is 0 Å². The van der Waals surface area contributed by atoms with Crippen molar-refractivity contribution >= 4 is 5.84 Å². The standard InChI is InChI=1S/C9H18N2/c1-5-7-8-10-9(3)11(4)6-2/h6H,2,5,7-8H2,1,3-4H3. The second-order valence-electron chi connectivity index (χ2n) is 2.58. The normalized spacial score (nSPS) is 11.4. The topological polar surface area (TPSA) is 15.6 Å². The lowest BCUT2D eigenvalue weighted by Gasteiger charge is -2.11. The third-order valence-electron chi connectivity index (χ3n) is 1.64. The molecule has 0 aliphatic heterocycles. The fourth-order valence-corrected chi connectivity index (χ4v) is 0.643. The van der Waals surface area contributed by atoms with E-state index in [1.54, 1.807) is 6.20 Å². The number of hydrogen-bond donors (Lipinski definition) is 0. The van der Waals surface area contributed by atoms with E-state index < -0.39 is 0 Å². The van der Waals surface area contributed by atoms with E-state index in [1.807, 2.05) is 18.9 Å². The van der Waals surface area contributed by atoms with Gasteiger partial charge >= 0.3 is 0 Å². The van der Waals surface area contributed by atoms with Gasteiger partial charge in [0.25, 0.3) is 0 Å². The summed E-state index contributed by atoms with van der Waals surface area (Å²) in [5, 5.41) is 0. The molecule has 0 aromatic carbocycles. The first-order valence-corrected chi connectivity index (χ1v) is 4.08. The Balaban J connectivity index is 3.70. The molecule has 0 aliphatic carbocycles. The first-order chi connectivity index (χ1) is 5.22. The third kappa shape index (κ3) is 4.59. The van der Waals surface area contributed by atoms with Crippen molar-refractivity contribution in [3.8, 4) is 0 Å². The van der Waals surface area contributed by atoms with E-state index in [4.69, 9.17) is 0 Å². The first-order valence-electron chi connectivity index (χ1n) is 4.08. The van der Waals surface area contributed by atoms with Crippen LogP contribution in [0.2, 0.25) is 0 Å². The van der Waals surface area contributed by atoms with Gasteiger partial charge < -0.3 is 4.90 Å². The molecule has 0 aliphatic rings. The Labute approximate surface area is 69.6 Å². The van der Waals surface area contributed by atoms with Crippen LogP contribution in [0.1, 0.15) is 26.7 Å². The third-order valence-corrected chi connectivity index (χ3v) is 1.64. The summed E-state index contributed by atoms with van der Waals surface area (Å²) in [6.07, 6.45) is 4.14. The summed E-state index contributed by atoms with van der Waals surface area (Å²) in [5.74, 6) is 1.04. The van der Waals surface area contributed by atoms with Crippen LogP contribution in [0.5, 0.6) is 0 Å². The van der Waals surface area contributed by atoms with Gasteiger partial charge in [-0.15, -0.1) is 0 Å².